The van der Waals surface area contributed by atoms with Gasteiger partial charge in [-0.05, 0) is 25.2 Å². The van der Waals surface area contributed by atoms with Crippen LogP contribution in [0.5, 0.6) is 0 Å². The van der Waals surface area contributed by atoms with Gasteiger partial charge in [0.05, 0.1) is 0 Å². The van der Waals surface area contributed by atoms with Crippen molar-refractivity contribution in [1.82, 2.24) is 0 Å². The largest absolute Gasteiger partial charge is 0.0922 e. The zero-order valence-corrected chi connectivity index (χ0v) is 7.23. The molecule has 0 amide bonds. The molecule has 1 rings (SSSR count). The zero-order valence-electron chi connectivity index (χ0n) is 5.65. The Bertz CT molecular complexity index is 96.7. The molecule has 0 aromatic carbocycles. The van der Waals surface area contributed by atoms with Crippen LogP contribution in [0.25, 0.3) is 0 Å². The lowest BCUT2D eigenvalue weighted by Gasteiger charge is -2.03. The van der Waals surface area contributed by atoms with Crippen LogP contribution in [0.15, 0.2) is 12.2 Å². The van der Waals surface area contributed by atoms with E-state index in [0.29, 0.717) is 0 Å². The lowest BCUT2D eigenvalue weighted by atomic mass is 10.1. The molecule has 0 bridgehead atoms. The van der Waals surface area contributed by atoms with Gasteiger partial charge in [-0.15, -0.1) is 0 Å². The van der Waals surface area contributed by atoms with Crippen LogP contribution in [0.1, 0.15) is 25.7 Å². The van der Waals surface area contributed by atoms with Crippen LogP contribution in [0.4, 0.5) is 0 Å². The van der Waals surface area contributed by atoms with Gasteiger partial charge in [-0.25, -0.2) is 0 Å². The van der Waals surface area contributed by atoms with Crippen LogP contribution in [0.2, 0.25) is 0 Å². The van der Waals surface area contributed by atoms with Gasteiger partial charge in [0.15, 0.2) is 0 Å². The summed E-state index contributed by atoms with van der Waals surface area (Å²) in [4.78, 5) is 0. The monoisotopic (exact) mass is 188 g/mol. The highest BCUT2D eigenvalue weighted by atomic mass is 79.9. The number of halogens is 1. The molecular formula is C8H13Br. The van der Waals surface area contributed by atoms with Crippen LogP contribution in [0, 0.1) is 5.92 Å². The minimum absolute atomic E-state index is 0.812. The van der Waals surface area contributed by atoms with E-state index in [9.17, 15) is 0 Å². The van der Waals surface area contributed by atoms with Crippen molar-refractivity contribution < 1.29 is 0 Å². The van der Waals surface area contributed by atoms with E-state index in [1.54, 1.807) is 0 Å². The molecule has 0 saturated heterocycles. The molecule has 0 fully saturated rings. The molecule has 1 aliphatic carbocycles. The van der Waals surface area contributed by atoms with E-state index in [1.165, 1.54) is 25.7 Å². The lowest BCUT2D eigenvalue weighted by molar-refractivity contribution is 0.614. The molecule has 9 heavy (non-hydrogen) atoms. The van der Waals surface area contributed by atoms with Crippen molar-refractivity contribution in [3.8, 4) is 0 Å². The van der Waals surface area contributed by atoms with Crippen LogP contribution < -0.4 is 0 Å². The van der Waals surface area contributed by atoms with Crippen molar-refractivity contribution in [2.75, 3.05) is 5.33 Å². The lowest BCUT2D eigenvalue weighted by Crippen LogP contribution is -1.94. The van der Waals surface area contributed by atoms with Crippen LogP contribution in [-0.2, 0) is 0 Å². The van der Waals surface area contributed by atoms with Crippen molar-refractivity contribution in [2.24, 2.45) is 5.92 Å². The molecule has 0 saturated carbocycles. The molecule has 0 aromatic heterocycles. The first kappa shape index (κ1) is 7.33. The molecule has 0 spiro atoms. The second-order valence-electron chi connectivity index (χ2n) is 2.63. The molecule has 52 valence electrons. The molecule has 0 radical (unpaired) electrons. The predicted molar refractivity (Wildman–Crippen MR) is 44.9 cm³/mol. The molecule has 0 heterocycles. The van der Waals surface area contributed by atoms with Crippen molar-refractivity contribution in [3.63, 3.8) is 0 Å². The van der Waals surface area contributed by atoms with E-state index in [4.69, 9.17) is 0 Å². The normalized spacial score (nSPS) is 27.9. The Balaban J connectivity index is 2.33. The Morgan fingerprint density at radius 1 is 1.44 bits per heavy atom. The van der Waals surface area contributed by atoms with Gasteiger partial charge in [0.1, 0.15) is 0 Å². The minimum Gasteiger partial charge on any atom is -0.0922 e. The molecule has 1 atom stereocenters. The maximum absolute atomic E-state index is 3.49. The predicted octanol–water partition coefficient (Wildman–Crippen LogP) is 3.13. The van der Waals surface area contributed by atoms with Gasteiger partial charge < -0.3 is 0 Å². The van der Waals surface area contributed by atoms with E-state index in [-0.39, 0.29) is 0 Å². The summed E-state index contributed by atoms with van der Waals surface area (Å²) in [5.74, 6) is 0.812. The van der Waals surface area contributed by atoms with E-state index in [1.807, 2.05) is 0 Å². The van der Waals surface area contributed by atoms with Gasteiger partial charge in [0.2, 0.25) is 0 Å². The number of hydrogen-bond acceptors (Lipinski definition) is 0. The van der Waals surface area contributed by atoms with Crippen LogP contribution in [0.3, 0.4) is 0 Å². The minimum atomic E-state index is 0.812. The first-order valence-corrected chi connectivity index (χ1v) is 4.78. The molecule has 1 aliphatic rings. The summed E-state index contributed by atoms with van der Waals surface area (Å²) in [7, 11) is 0. The summed E-state index contributed by atoms with van der Waals surface area (Å²) in [6, 6.07) is 0. The fraction of sp³-hybridized carbons (Fsp3) is 0.750. The first-order valence-electron chi connectivity index (χ1n) is 3.66. The van der Waals surface area contributed by atoms with Gasteiger partial charge in [0.25, 0.3) is 0 Å². The number of rotatable bonds is 1. The molecular weight excluding hydrogens is 176 g/mol. The third-order valence-electron chi connectivity index (χ3n) is 1.80. The fourth-order valence-electron chi connectivity index (χ4n) is 1.18. The second kappa shape index (κ2) is 4.10. The van der Waals surface area contributed by atoms with Crippen molar-refractivity contribution in [2.45, 2.75) is 25.7 Å². The summed E-state index contributed by atoms with van der Waals surface area (Å²) in [5.41, 5.74) is 0. The van der Waals surface area contributed by atoms with Crippen molar-refractivity contribution in [3.05, 3.63) is 12.2 Å². The summed E-state index contributed by atoms with van der Waals surface area (Å²) in [6.07, 6.45) is 10.1. The summed E-state index contributed by atoms with van der Waals surface area (Å²) in [6.45, 7) is 0. The topological polar surface area (TPSA) is 0 Å². The number of hydrogen-bond donors (Lipinski definition) is 0. The Morgan fingerprint density at radius 2 is 2.33 bits per heavy atom. The highest BCUT2D eigenvalue weighted by Crippen LogP contribution is 2.18. The fourth-order valence-corrected chi connectivity index (χ4v) is 1.72. The van der Waals surface area contributed by atoms with Gasteiger partial charge in [-0.1, -0.05) is 34.5 Å². The highest BCUT2D eigenvalue weighted by molar-refractivity contribution is 9.09. The smallest absolute Gasteiger partial charge is 0.00943 e. The van der Waals surface area contributed by atoms with Crippen molar-refractivity contribution in [1.29, 1.82) is 0 Å². The summed E-state index contributed by atoms with van der Waals surface area (Å²) < 4.78 is 0. The number of allylic oxidation sites excluding steroid dienone is 2. The summed E-state index contributed by atoms with van der Waals surface area (Å²) >= 11 is 3.49. The van der Waals surface area contributed by atoms with Gasteiger partial charge in [-0.3, -0.25) is 0 Å². The van der Waals surface area contributed by atoms with Crippen LogP contribution >= 0.6 is 15.9 Å². The highest BCUT2D eigenvalue weighted by Gasteiger charge is 2.03. The molecule has 0 aliphatic heterocycles. The van der Waals surface area contributed by atoms with E-state index in [0.717, 1.165) is 11.2 Å². The second-order valence-corrected chi connectivity index (χ2v) is 3.27. The van der Waals surface area contributed by atoms with E-state index < -0.39 is 0 Å². The average molecular weight is 189 g/mol. The molecule has 0 nitrogen and oxygen atoms in total. The molecule has 1 heteroatoms. The van der Waals surface area contributed by atoms with Crippen LogP contribution in [-0.4, -0.2) is 5.33 Å². The van der Waals surface area contributed by atoms with Gasteiger partial charge >= 0.3 is 0 Å². The van der Waals surface area contributed by atoms with Crippen molar-refractivity contribution >= 4 is 15.9 Å². The Labute approximate surface area is 65.5 Å². The van der Waals surface area contributed by atoms with E-state index >= 15 is 0 Å². The van der Waals surface area contributed by atoms with Gasteiger partial charge in [-0.2, -0.15) is 0 Å². The zero-order chi connectivity index (χ0) is 6.53. The van der Waals surface area contributed by atoms with E-state index in [2.05, 4.69) is 28.1 Å². The molecule has 0 N–H and O–H groups in total. The third kappa shape index (κ3) is 2.53. The average Bonchev–Trinajstić information content (AvgIpc) is 2.13. The first-order chi connectivity index (χ1) is 4.43. The number of alkyl halides is 1. The Hall–Kier alpha value is 0.220. The molecule has 0 aromatic rings. The summed E-state index contributed by atoms with van der Waals surface area (Å²) in [5, 5.41) is 1.14. The Kier molecular flexibility index (Phi) is 3.34. The van der Waals surface area contributed by atoms with Gasteiger partial charge in [0, 0.05) is 5.33 Å². The SMILES string of the molecule is BrCC1C=CCCCC1. The standard InChI is InChI=1S/C8H13Br/c9-7-8-5-3-1-2-4-6-8/h3,5,8H,1-2,4,6-7H2. The Morgan fingerprint density at radius 3 is 3.11 bits per heavy atom. The third-order valence-corrected chi connectivity index (χ3v) is 2.63. The quantitative estimate of drug-likeness (QED) is 0.439. The maximum atomic E-state index is 3.49. The molecule has 1 unspecified atom stereocenters. The maximum Gasteiger partial charge on any atom is 0.00943 e.